The van der Waals surface area contributed by atoms with Gasteiger partial charge in [-0.25, -0.2) is 0 Å². The maximum Gasteiger partial charge on any atom is 0.310 e. The van der Waals surface area contributed by atoms with Gasteiger partial charge in [-0.15, -0.1) is 0 Å². The first kappa shape index (κ1) is 16.9. The van der Waals surface area contributed by atoms with Crippen LogP contribution < -0.4 is 10.1 Å². The van der Waals surface area contributed by atoms with Crippen LogP contribution in [0, 0.1) is 20.2 Å². The van der Waals surface area contributed by atoms with Crippen LogP contribution in [0.3, 0.4) is 0 Å². The van der Waals surface area contributed by atoms with Crippen LogP contribution in [0.4, 0.5) is 17.1 Å². The number of para-hydroxylation sites is 4. The Morgan fingerprint density at radius 2 is 1.54 bits per heavy atom. The van der Waals surface area contributed by atoms with Gasteiger partial charge >= 0.3 is 5.69 Å². The summed E-state index contributed by atoms with van der Waals surface area (Å²) in [5.74, 6) is -0.727. The molecule has 2 rings (SSSR count). The fourth-order valence-electron chi connectivity index (χ4n) is 1.92. The second-order valence-electron chi connectivity index (χ2n) is 4.75. The molecule has 0 aliphatic rings. The van der Waals surface area contributed by atoms with Gasteiger partial charge in [0.1, 0.15) is 5.69 Å². The molecule has 1 N–H and O–H groups in total. The number of rotatable bonds is 6. The van der Waals surface area contributed by atoms with Gasteiger partial charge in [0, 0.05) is 12.1 Å². The molecule has 0 spiro atoms. The molecule has 0 aliphatic carbocycles. The number of ether oxygens (including phenoxy) is 1. The maximum absolute atomic E-state index is 12.1. The van der Waals surface area contributed by atoms with Crippen LogP contribution in [0.2, 0.25) is 0 Å². The Hall–Kier alpha value is -3.49. The lowest BCUT2D eigenvalue weighted by molar-refractivity contribution is -0.386. The molecule has 9 nitrogen and oxygen atoms in total. The number of carbonyl (C=O) groups excluding carboxylic acids is 1. The third-order valence-corrected chi connectivity index (χ3v) is 3.09. The van der Waals surface area contributed by atoms with E-state index in [1.54, 1.807) is 0 Å². The minimum atomic E-state index is -1.09. The highest BCUT2D eigenvalue weighted by Gasteiger charge is 2.22. The van der Waals surface area contributed by atoms with E-state index in [0.29, 0.717) is 0 Å². The number of benzene rings is 2. The predicted octanol–water partition coefficient (Wildman–Crippen LogP) is 2.91. The summed E-state index contributed by atoms with van der Waals surface area (Å²) in [6.07, 6.45) is -1.09. The monoisotopic (exact) mass is 331 g/mol. The number of nitro benzene ring substituents is 2. The van der Waals surface area contributed by atoms with Gasteiger partial charge in [-0.05, 0) is 19.1 Å². The summed E-state index contributed by atoms with van der Waals surface area (Å²) < 4.78 is 5.32. The number of nitrogens with one attached hydrogen (secondary N) is 1. The van der Waals surface area contributed by atoms with Gasteiger partial charge in [0.05, 0.1) is 9.85 Å². The number of carbonyl (C=O) groups is 1. The van der Waals surface area contributed by atoms with Crippen molar-refractivity contribution in [3.05, 3.63) is 68.8 Å². The SMILES string of the molecule is C[C@H](Oc1ccccc1[N+](=O)[O-])C(=O)Nc1ccccc1[N+](=O)[O-]. The van der Waals surface area contributed by atoms with Gasteiger partial charge in [0.15, 0.2) is 11.9 Å². The molecule has 124 valence electrons. The molecular weight excluding hydrogens is 318 g/mol. The van der Waals surface area contributed by atoms with Gasteiger partial charge in [0.2, 0.25) is 0 Å². The van der Waals surface area contributed by atoms with Crippen molar-refractivity contribution in [2.45, 2.75) is 13.0 Å². The van der Waals surface area contributed by atoms with Crippen molar-refractivity contribution < 1.29 is 19.4 Å². The number of amides is 1. The Bertz CT molecular complexity index is 792. The third kappa shape index (κ3) is 3.83. The molecule has 0 saturated heterocycles. The molecule has 1 atom stereocenters. The molecule has 0 bridgehead atoms. The quantitative estimate of drug-likeness (QED) is 0.641. The summed E-state index contributed by atoms with van der Waals surface area (Å²) in [7, 11) is 0. The molecule has 0 aromatic heterocycles. The summed E-state index contributed by atoms with van der Waals surface area (Å²) in [5, 5.41) is 24.3. The van der Waals surface area contributed by atoms with Crippen molar-refractivity contribution in [1.82, 2.24) is 0 Å². The van der Waals surface area contributed by atoms with E-state index in [2.05, 4.69) is 5.32 Å². The standard InChI is InChI=1S/C15H13N3O6/c1-10(24-14-9-5-4-8-13(14)18(22)23)15(19)16-11-6-2-3-7-12(11)17(20)21/h2-10H,1H3,(H,16,19)/t10-/m0/s1. The summed E-state index contributed by atoms with van der Waals surface area (Å²) >= 11 is 0. The molecule has 0 radical (unpaired) electrons. The summed E-state index contributed by atoms with van der Waals surface area (Å²) in [6.45, 7) is 1.39. The van der Waals surface area contributed by atoms with E-state index in [4.69, 9.17) is 4.74 Å². The Balaban J connectivity index is 2.14. The molecule has 1 amide bonds. The van der Waals surface area contributed by atoms with E-state index >= 15 is 0 Å². The first-order valence-electron chi connectivity index (χ1n) is 6.84. The zero-order valence-corrected chi connectivity index (χ0v) is 12.5. The normalized spacial score (nSPS) is 11.4. The second-order valence-corrected chi connectivity index (χ2v) is 4.75. The van der Waals surface area contributed by atoms with Gasteiger partial charge in [0.25, 0.3) is 11.6 Å². The zero-order valence-electron chi connectivity index (χ0n) is 12.5. The van der Waals surface area contributed by atoms with Crippen LogP contribution in [-0.4, -0.2) is 21.9 Å². The summed E-state index contributed by atoms with van der Waals surface area (Å²) in [5.41, 5.74) is -0.517. The fourth-order valence-corrected chi connectivity index (χ4v) is 1.92. The Labute approximate surface area is 136 Å². The second kappa shape index (κ2) is 7.18. The van der Waals surface area contributed by atoms with Crippen molar-refractivity contribution in [3.8, 4) is 5.75 Å². The van der Waals surface area contributed by atoms with Crippen LogP contribution >= 0.6 is 0 Å². The number of nitrogens with zero attached hydrogens (tertiary/aromatic N) is 2. The molecule has 2 aromatic rings. The van der Waals surface area contributed by atoms with E-state index in [9.17, 15) is 25.0 Å². The molecule has 0 heterocycles. The molecule has 24 heavy (non-hydrogen) atoms. The molecule has 0 unspecified atom stereocenters. The van der Waals surface area contributed by atoms with Crippen molar-refractivity contribution in [2.24, 2.45) is 0 Å². The highest BCUT2D eigenvalue weighted by molar-refractivity contribution is 5.96. The van der Waals surface area contributed by atoms with Crippen molar-refractivity contribution in [1.29, 1.82) is 0 Å². The van der Waals surface area contributed by atoms with Crippen molar-refractivity contribution in [2.75, 3.05) is 5.32 Å². The average molecular weight is 331 g/mol. The van der Waals surface area contributed by atoms with Crippen LogP contribution in [0.5, 0.6) is 5.75 Å². The molecule has 0 aliphatic heterocycles. The van der Waals surface area contributed by atoms with Gasteiger partial charge < -0.3 is 10.1 Å². The van der Waals surface area contributed by atoms with Gasteiger partial charge in [-0.3, -0.25) is 25.0 Å². The van der Waals surface area contributed by atoms with Crippen LogP contribution in [0.15, 0.2) is 48.5 Å². The minimum absolute atomic E-state index is 0.0190. The molecule has 2 aromatic carbocycles. The topological polar surface area (TPSA) is 125 Å². The lowest BCUT2D eigenvalue weighted by Gasteiger charge is -2.14. The Morgan fingerprint density at radius 3 is 2.17 bits per heavy atom. The average Bonchev–Trinajstić information content (AvgIpc) is 2.55. The summed E-state index contributed by atoms with van der Waals surface area (Å²) in [4.78, 5) is 32.8. The van der Waals surface area contributed by atoms with Crippen LogP contribution in [0.25, 0.3) is 0 Å². The lowest BCUT2D eigenvalue weighted by atomic mass is 10.2. The first-order valence-corrected chi connectivity index (χ1v) is 6.84. The van der Waals surface area contributed by atoms with Gasteiger partial charge in [-0.2, -0.15) is 0 Å². The number of nitro groups is 2. The van der Waals surface area contributed by atoms with Crippen LogP contribution in [-0.2, 0) is 4.79 Å². The van der Waals surface area contributed by atoms with E-state index in [-0.39, 0.29) is 22.8 Å². The van der Waals surface area contributed by atoms with E-state index in [1.807, 2.05) is 0 Å². The Morgan fingerprint density at radius 1 is 1.00 bits per heavy atom. The van der Waals surface area contributed by atoms with Crippen LogP contribution in [0.1, 0.15) is 6.92 Å². The zero-order chi connectivity index (χ0) is 17.7. The third-order valence-electron chi connectivity index (χ3n) is 3.09. The molecule has 9 heteroatoms. The first-order chi connectivity index (χ1) is 11.4. The Kier molecular flexibility index (Phi) is 5.05. The van der Waals surface area contributed by atoms with E-state index in [1.165, 1.54) is 55.5 Å². The number of hydrogen-bond acceptors (Lipinski definition) is 6. The molecule has 0 fully saturated rings. The summed E-state index contributed by atoms with van der Waals surface area (Å²) in [6, 6.07) is 11.3. The molecular formula is C15H13N3O6. The predicted molar refractivity (Wildman–Crippen MR) is 84.9 cm³/mol. The highest BCUT2D eigenvalue weighted by Crippen LogP contribution is 2.27. The van der Waals surface area contributed by atoms with Crippen molar-refractivity contribution >= 4 is 23.0 Å². The minimum Gasteiger partial charge on any atom is -0.474 e. The van der Waals surface area contributed by atoms with Gasteiger partial charge in [-0.1, -0.05) is 24.3 Å². The van der Waals surface area contributed by atoms with E-state index in [0.717, 1.165) is 0 Å². The largest absolute Gasteiger partial charge is 0.474 e. The maximum atomic E-state index is 12.1. The lowest BCUT2D eigenvalue weighted by Crippen LogP contribution is -2.30. The van der Waals surface area contributed by atoms with Crippen molar-refractivity contribution in [3.63, 3.8) is 0 Å². The smallest absolute Gasteiger partial charge is 0.310 e. The number of hydrogen-bond donors (Lipinski definition) is 1. The number of anilines is 1. The molecule has 0 saturated carbocycles. The highest BCUT2D eigenvalue weighted by atomic mass is 16.6. The van der Waals surface area contributed by atoms with E-state index < -0.39 is 21.9 Å². The fraction of sp³-hybridized carbons (Fsp3) is 0.133.